The van der Waals surface area contributed by atoms with Gasteiger partial charge in [0.25, 0.3) is 5.91 Å². The van der Waals surface area contributed by atoms with Crippen LogP contribution in [0.5, 0.6) is 0 Å². The van der Waals surface area contributed by atoms with Crippen LogP contribution in [0.4, 0.5) is 5.69 Å². The second-order valence-corrected chi connectivity index (χ2v) is 5.11. The molecular formula is C17H20N2O2. The van der Waals surface area contributed by atoms with Crippen molar-refractivity contribution in [3.8, 4) is 0 Å². The maximum absolute atomic E-state index is 12.2. The van der Waals surface area contributed by atoms with Crippen molar-refractivity contribution in [3.05, 3.63) is 65.2 Å². The lowest BCUT2D eigenvalue weighted by molar-refractivity contribution is 0.0916. The first-order valence-electron chi connectivity index (χ1n) is 6.92. The lowest BCUT2D eigenvalue weighted by Gasteiger charge is -2.17. The van der Waals surface area contributed by atoms with Gasteiger partial charge in [-0.1, -0.05) is 30.3 Å². The molecule has 0 spiro atoms. The predicted molar refractivity (Wildman–Crippen MR) is 84.1 cm³/mol. The molecule has 21 heavy (non-hydrogen) atoms. The summed E-state index contributed by atoms with van der Waals surface area (Å²) in [6.07, 6.45) is 0.594. The molecule has 0 fully saturated rings. The van der Waals surface area contributed by atoms with Gasteiger partial charge >= 0.3 is 0 Å². The maximum Gasteiger partial charge on any atom is 0.251 e. The van der Waals surface area contributed by atoms with Crippen molar-refractivity contribution in [2.75, 3.05) is 12.3 Å². The standard InChI is InChI=1S/C17H20N2O2/c1-12-9-14(7-8-16(12)18)17(21)19-15(11-20)10-13-5-3-2-4-6-13/h2-9,15,20H,10-11,18H2,1H3,(H,19,21)/t15-/m1/s1. The highest BCUT2D eigenvalue weighted by molar-refractivity contribution is 5.95. The van der Waals surface area contributed by atoms with Crippen molar-refractivity contribution in [3.63, 3.8) is 0 Å². The summed E-state index contributed by atoms with van der Waals surface area (Å²) in [6, 6.07) is 14.6. The molecule has 0 saturated heterocycles. The number of aliphatic hydroxyl groups excluding tert-OH is 1. The molecule has 4 heteroatoms. The van der Waals surface area contributed by atoms with Gasteiger partial charge in [-0.05, 0) is 42.7 Å². The summed E-state index contributed by atoms with van der Waals surface area (Å²) in [7, 11) is 0. The van der Waals surface area contributed by atoms with E-state index in [0.717, 1.165) is 11.1 Å². The molecule has 1 amide bonds. The molecular weight excluding hydrogens is 264 g/mol. The monoisotopic (exact) mass is 284 g/mol. The Morgan fingerprint density at radius 3 is 2.57 bits per heavy atom. The molecule has 2 aromatic rings. The fourth-order valence-electron chi connectivity index (χ4n) is 2.15. The van der Waals surface area contributed by atoms with Crippen LogP contribution in [0.1, 0.15) is 21.5 Å². The topological polar surface area (TPSA) is 75.3 Å². The number of anilines is 1. The minimum absolute atomic E-state index is 0.103. The maximum atomic E-state index is 12.2. The van der Waals surface area contributed by atoms with Crippen LogP contribution < -0.4 is 11.1 Å². The normalized spacial score (nSPS) is 11.9. The van der Waals surface area contributed by atoms with E-state index < -0.39 is 0 Å². The Kier molecular flexibility index (Phi) is 4.95. The smallest absolute Gasteiger partial charge is 0.251 e. The van der Waals surface area contributed by atoms with Crippen LogP contribution in [0.25, 0.3) is 0 Å². The van der Waals surface area contributed by atoms with E-state index in [9.17, 15) is 9.90 Å². The van der Waals surface area contributed by atoms with Crippen LogP contribution >= 0.6 is 0 Å². The summed E-state index contributed by atoms with van der Waals surface area (Å²) in [5, 5.41) is 12.3. The lowest BCUT2D eigenvalue weighted by Crippen LogP contribution is -2.39. The number of hydrogen-bond donors (Lipinski definition) is 3. The highest BCUT2D eigenvalue weighted by Crippen LogP contribution is 2.13. The van der Waals surface area contributed by atoms with Gasteiger partial charge in [-0.2, -0.15) is 0 Å². The van der Waals surface area contributed by atoms with E-state index in [0.29, 0.717) is 17.7 Å². The van der Waals surface area contributed by atoms with E-state index in [1.165, 1.54) is 0 Å². The largest absolute Gasteiger partial charge is 0.399 e. The fourth-order valence-corrected chi connectivity index (χ4v) is 2.15. The molecule has 0 saturated carbocycles. The lowest BCUT2D eigenvalue weighted by atomic mass is 10.1. The Bertz CT molecular complexity index is 611. The number of nitrogens with one attached hydrogen (secondary N) is 1. The Morgan fingerprint density at radius 1 is 1.24 bits per heavy atom. The second kappa shape index (κ2) is 6.90. The van der Waals surface area contributed by atoms with E-state index in [1.807, 2.05) is 37.3 Å². The molecule has 1 atom stereocenters. The van der Waals surface area contributed by atoms with Crippen molar-refractivity contribution in [1.29, 1.82) is 0 Å². The van der Waals surface area contributed by atoms with Gasteiger partial charge in [0, 0.05) is 11.3 Å². The van der Waals surface area contributed by atoms with Crippen LogP contribution in [-0.4, -0.2) is 23.7 Å². The number of aliphatic hydroxyl groups is 1. The van der Waals surface area contributed by atoms with Crippen LogP contribution in [0, 0.1) is 6.92 Å². The molecule has 0 heterocycles. The van der Waals surface area contributed by atoms with Gasteiger partial charge in [0.15, 0.2) is 0 Å². The Balaban J connectivity index is 2.04. The third-order valence-corrected chi connectivity index (χ3v) is 3.41. The first-order chi connectivity index (χ1) is 10.1. The molecule has 2 rings (SSSR count). The summed E-state index contributed by atoms with van der Waals surface area (Å²) in [4.78, 5) is 12.2. The number of amides is 1. The average molecular weight is 284 g/mol. The molecule has 0 aliphatic rings. The number of carbonyl (C=O) groups excluding carboxylic acids is 1. The third kappa shape index (κ3) is 4.07. The van der Waals surface area contributed by atoms with Crippen LogP contribution in [-0.2, 0) is 6.42 Å². The van der Waals surface area contributed by atoms with Crippen molar-refractivity contribution in [2.24, 2.45) is 0 Å². The number of hydrogen-bond acceptors (Lipinski definition) is 3. The molecule has 2 aromatic carbocycles. The van der Waals surface area contributed by atoms with E-state index in [-0.39, 0.29) is 18.6 Å². The molecule has 0 aromatic heterocycles. The number of nitrogens with two attached hydrogens (primary N) is 1. The Morgan fingerprint density at radius 2 is 1.95 bits per heavy atom. The third-order valence-electron chi connectivity index (χ3n) is 3.41. The molecule has 0 aliphatic carbocycles. The summed E-state index contributed by atoms with van der Waals surface area (Å²) in [6.45, 7) is 1.76. The Hall–Kier alpha value is -2.33. The first kappa shape index (κ1) is 15.1. The average Bonchev–Trinajstić information content (AvgIpc) is 2.50. The van der Waals surface area contributed by atoms with Gasteiger partial charge in [0.2, 0.25) is 0 Å². The number of carbonyl (C=O) groups is 1. The number of aryl methyl sites for hydroxylation is 1. The Labute approximate surface area is 124 Å². The molecule has 110 valence electrons. The quantitative estimate of drug-likeness (QED) is 0.734. The predicted octanol–water partition coefficient (Wildman–Crippen LogP) is 1.91. The van der Waals surface area contributed by atoms with Crippen LogP contribution in [0.2, 0.25) is 0 Å². The molecule has 4 N–H and O–H groups in total. The summed E-state index contributed by atoms with van der Waals surface area (Å²) in [5.41, 5.74) is 8.90. The number of nitrogen functional groups attached to an aromatic ring is 1. The second-order valence-electron chi connectivity index (χ2n) is 5.11. The SMILES string of the molecule is Cc1cc(C(=O)N[C@@H](CO)Cc2ccccc2)ccc1N. The molecule has 4 nitrogen and oxygen atoms in total. The van der Waals surface area contributed by atoms with Crippen molar-refractivity contribution < 1.29 is 9.90 Å². The number of benzene rings is 2. The zero-order valence-corrected chi connectivity index (χ0v) is 12.0. The van der Waals surface area contributed by atoms with Gasteiger partial charge in [0.05, 0.1) is 12.6 Å². The van der Waals surface area contributed by atoms with Gasteiger partial charge in [-0.15, -0.1) is 0 Å². The van der Waals surface area contributed by atoms with Gasteiger partial charge < -0.3 is 16.2 Å². The van der Waals surface area contributed by atoms with Gasteiger partial charge in [-0.3, -0.25) is 4.79 Å². The summed E-state index contributed by atoms with van der Waals surface area (Å²) < 4.78 is 0. The van der Waals surface area contributed by atoms with Crippen molar-refractivity contribution in [2.45, 2.75) is 19.4 Å². The first-order valence-corrected chi connectivity index (χ1v) is 6.92. The molecule has 0 radical (unpaired) electrons. The minimum atomic E-state index is -0.308. The highest BCUT2D eigenvalue weighted by atomic mass is 16.3. The molecule has 0 unspecified atom stereocenters. The van der Waals surface area contributed by atoms with Crippen molar-refractivity contribution in [1.82, 2.24) is 5.32 Å². The zero-order chi connectivity index (χ0) is 15.2. The van der Waals surface area contributed by atoms with Gasteiger partial charge in [0.1, 0.15) is 0 Å². The van der Waals surface area contributed by atoms with E-state index >= 15 is 0 Å². The van der Waals surface area contributed by atoms with Crippen LogP contribution in [0.3, 0.4) is 0 Å². The summed E-state index contributed by atoms with van der Waals surface area (Å²) in [5.74, 6) is -0.201. The number of rotatable bonds is 5. The van der Waals surface area contributed by atoms with Gasteiger partial charge in [-0.25, -0.2) is 0 Å². The molecule has 0 aliphatic heterocycles. The van der Waals surface area contributed by atoms with Crippen molar-refractivity contribution >= 4 is 11.6 Å². The van der Waals surface area contributed by atoms with Crippen LogP contribution in [0.15, 0.2) is 48.5 Å². The van der Waals surface area contributed by atoms with E-state index in [1.54, 1.807) is 18.2 Å². The highest BCUT2D eigenvalue weighted by Gasteiger charge is 2.14. The fraction of sp³-hybridized carbons (Fsp3) is 0.235. The zero-order valence-electron chi connectivity index (χ0n) is 12.0. The van der Waals surface area contributed by atoms with E-state index in [4.69, 9.17) is 5.73 Å². The minimum Gasteiger partial charge on any atom is -0.399 e. The molecule has 0 bridgehead atoms. The summed E-state index contributed by atoms with van der Waals surface area (Å²) >= 11 is 0. The van der Waals surface area contributed by atoms with E-state index in [2.05, 4.69) is 5.32 Å².